The van der Waals surface area contributed by atoms with Crippen LogP contribution in [0.1, 0.15) is 70.0 Å². The molecule has 42 heavy (non-hydrogen) atoms. The molecule has 2 aromatic carbocycles. The molecule has 0 saturated carbocycles. The van der Waals surface area contributed by atoms with Crippen molar-refractivity contribution in [3.63, 3.8) is 0 Å². The molecule has 0 bridgehead atoms. The van der Waals surface area contributed by atoms with Gasteiger partial charge >= 0.3 is 0 Å². The van der Waals surface area contributed by atoms with E-state index in [2.05, 4.69) is 0 Å². The fourth-order valence-electron chi connectivity index (χ4n) is 7.45. The van der Waals surface area contributed by atoms with Crippen molar-refractivity contribution in [3.05, 3.63) is 110 Å². The van der Waals surface area contributed by atoms with Gasteiger partial charge in [0.1, 0.15) is 12.0 Å². The van der Waals surface area contributed by atoms with Crippen molar-refractivity contribution < 1.29 is 31.9 Å². The first-order chi connectivity index (χ1) is 20.0. The van der Waals surface area contributed by atoms with Crippen molar-refractivity contribution in [1.29, 1.82) is 0 Å². The van der Waals surface area contributed by atoms with Gasteiger partial charge < -0.3 is 10.0 Å². The first-order valence-electron chi connectivity index (χ1n) is 13.6. The highest BCUT2D eigenvalue weighted by atomic mass is 19.3. The van der Waals surface area contributed by atoms with Gasteiger partial charge in [0.15, 0.2) is 11.4 Å². The third-order valence-corrected chi connectivity index (χ3v) is 9.16. The molecule has 8 rings (SSSR count). The Morgan fingerprint density at radius 3 is 2.57 bits per heavy atom. The number of hydrogen-bond acceptors (Lipinski definition) is 4. The smallest absolute Gasteiger partial charge is 0.280 e. The molecule has 2 atom stereocenters. The van der Waals surface area contributed by atoms with Crippen molar-refractivity contribution in [1.82, 2.24) is 9.58 Å². The molecule has 3 heterocycles. The number of rotatable bonds is 1. The Bertz CT molecular complexity index is 1880. The first kappa shape index (κ1) is 25.3. The molecule has 1 amide bonds. The molecule has 1 aromatic heterocycles. The Morgan fingerprint density at radius 2 is 1.76 bits per heavy atom. The van der Waals surface area contributed by atoms with Crippen molar-refractivity contribution in [2.75, 3.05) is 11.6 Å². The lowest BCUT2D eigenvalue weighted by Crippen LogP contribution is -2.66. The molecule has 11 heteroatoms. The number of nitrogens with zero attached hydrogens (tertiary/aromatic N) is 3. The fourth-order valence-corrected chi connectivity index (χ4v) is 7.45. The molecule has 3 aliphatic carbocycles. The molecular weight excluding hydrogens is 557 g/mol. The summed E-state index contributed by atoms with van der Waals surface area (Å²) in [6.45, 7) is -0.356. The van der Waals surface area contributed by atoms with Gasteiger partial charge in [-0.3, -0.25) is 19.3 Å². The van der Waals surface area contributed by atoms with Crippen LogP contribution in [0.3, 0.4) is 0 Å². The second-order valence-corrected chi connectivity index (χ2v) is 11.4. The van der Waals surface area contributed by atoms with Gasteiger partial charge in [-0.1, -0.05) is 36.4 Å². The SMILES string of the molecule is O=C1c2c(O)c(=O)ccn2N([C@@H]2c3ccccc3C3=C4C(=CC3)CC(F)(F)c3c(F)ccc2c34)[C@@H]2CC(F)(F)CCN12. The largest absolute Gasteiger partial charge is 0.502 e. The number of aromatic nitrogens is 1. The molecule has 0 unspecified atom stereocenters. The van der Waals surface area contributed by atoms with E-state index in [-0.39, 0.29) is 17.7 Å². The summed E-state index contributed by atoms with van der Waals surface area (Å²) in [6, 6.07) is 9.42. The first-order valence-corrected chi connectivity index (χ1v) is 13.6. The third-order valence-electron chi connectivity index (χ3n) is 9.16. The van der Waals surface area contributed by atoms with E-state index in [9.17, 15) is 14.7 Å². The fraction of sp³-hybridized carbons (Fsp3) is 0.290. The number of aromatic hydroxyl groups is 1. The summed E-state index contributed by atoms with van der Waals surface area (Å²) in [5.41, 5.74) is 1.20. The quantitative estimate of drug-likeness (QED) is 0.377. The summed E-state index contributed by atoms with van der Waals surface area (Å²) in [6.07, 6.45) is -0.0496. The van der Waals surface area contributed by atoms with Gasteiger partial charge in [0.2, 0.25) is 5.43 Å². The van der Waals surface area contributed by atoms with Gasteiger partial charge in [-0.25, -0.2) is 22.0 Å². The lowest BCUT2D eigenvalue weighted by Gasteiger charge is -2.53. The standard InChI is InChI=1S/C31H22F5N3O3/c32-20-8-7-19-24-23-15(13-31(35,36)25(20)24)5-6-17(23)16-3-1-2-4-18(16)26(19)39-22-14-30(33,34)10-12-37(22)29(42)27-28(41)21(40)9-11-38(27)39/h1-5,7-9,11,22,26,41H,6,10,12-14H2/t22-,26-/m1/s1. The monoisotopic (exact) mass is 579 g/mol. The molecule has 0 spiro atoms. The van der Waals surface area contributed by atoms with Crippen LogP contribution in [0.25, 0.3) is 11.1 Å². The zero-order valence-corrected chi connectivity index (χ0v) is 21.9. The van der Waals surface area contributed by atoms with Crippen LogP contribution < -0.4 is 10.4 Å². The van der Waals surface area contributed by atoms with Crippen molar-refractivity contribution in [3.8, 4) is 5.75 Å². The number of hydrogen-bond donors (Lipinski definition) is 1. The van der Waals surface area contributed by atoms with Crippen LogP contribution in [0.4, 0.5) is 22.0 Å². The zero-order chi connectivity index (χ0) is 29.3. The normalized spacial score (nSPS) is 24.4. The minimum absolute atomic E-state index is 0.0176. The minimum Gasteiger partial charge on any atom is -0.502 e. The second-order valence-electron chi connectivity index (χ2n) is 11.4. The Kier molecular flexibility index (Phi) is 4.89. The number of fused-ring (bicyclic) bond motifs is 4. The molecule has 1 N–H and O–H groups in total. The Morgan fingerprint density at radius 1 is 0.976 bits per heavy atom. The van der Waals surface area contributed by atoms with E-state index in [1.165, 1.54) is 26.8 Å². The van der Waals surface area contributed by atoms with E-state index in [0.29, 0.717) is 28.7 Å². The van der Waals surface area contributed by atoms with Crippen LogP contribution in [0, 0.1) is 5.82 Å². The number of alkyl halides is 4. The Balaban J connectivity index is 1.49. The van der Waals surface area contributed by atoms with Crippen molar-refractivity contribution in [2.24, 2.45) is 0 Å². The number of pyridine rings is 1. The topological polar surface area (TPSA) is 65.8 Å². The van der Waals surface area contributed by atoms with E-state index >= 15 is 22.0 Å². The maximum absolute atomic E-state index is 15.7. The van der Waals surface area contributed by atoms with Gasteiger partial charge in [-0.2, -0.15) is 0 Å². The average molecular weight is 580 g/mol. The number of halogens is 5. The number of piperidine rings is 1. The average Bonchev–Trinajstić information content (AvgIpc) is 3.30. The van der Waals surface area contributed by atoms with E-state index in [1.807, 2.05) is 6.07 Å². The van der Waals surface area contributed by atoms with Gasteiger partial charge in [0, 0.05) is 37.2 Å². The summed E-state index contributed by atoms with van der Waals surface area (Å²) in [7, 11) is 0. The number of amides is 1. The summed E-state index contributed by atoms with van der Waals surface area (Å²) < 4.78 is 78.0. The van der Waals surface area contributed by atoms with Gasteiger partial charge in [0.05, 0.1) is 18.0 Å². The molecule has 5 aliphatic rings. The molecule has 3 aromatic rings. The molecular formula is C31H22F5N3O3. The van der Waals surface area contributed by atoms with Crippen LogP contribution in [0.5, 0.6) is 5.75 Å². The van der Waals surface area contributed by atoms with Crippen LogP contribution in [-0.2, 0) is 5.92 Å². The molecule has 1 fully saturated rings. The van der Waals surface area contributed by atoms with Crippen LogP contribution >= 0.6 is 0 Å². The highest BCUT2D eigenvalue weighted by molar-refractivity contribution is 6.06. The van der Waals surface area contributed by atoms with Crippen molar-refractivity contribution >= 4 is 17.1 Å². The number of benzene rings is 2. The highest BCUT2D eigenvalue weighted by Crippen LogP contribution is 2.59. The lowest BCUT2D eigenvalue weighted by atomic mass is 9.78. The van der Waals surface area contributed by atoms with Gasteiger partial charge in [-0.15, -0.1) is 0 Å². The van der Waals surface area contributed by atoms with E-state index in [0.717, 1.165) is 17.7 Å². The highest BCUT2D eigenvalue weighted by Gasteiger charge is 2.54. The minimum atomic E-state index is -3.52. The predicted octanol–water partition coefficient (Wildman–Crippen LogP) is 5.68. The van der Waals surface area contributed by atoms with E-state index in [1.54, 1.807) is 24.3 Å². The van der Waals surface area contributed by atoms with Crippen LogP contribution in [0.2, 0.25) is 0 Å². The van der Waals surface area contributed by atoms with Crippen LogP contribution in [0.15, 0.2) is 65.1 Å². The summed E-state index contributed by atoms with van der Waals surface area (Å²) in [5.74, 6) is -9.38. The Hall–Kier alpha value is -4.41. The predicted molar refractivity (Wildman–Crippen MR) is 142 cm³/mol. The molecule has 2 aliphatic heterocycles. The lowest BCUT2D eigenvalue weighted by molar-refractivity contribution is -0.0785. The van der Waals surface area contributed by atoms with Gasteiger partial charge in [-0.05, 0) is 45.9 Å². The zero-order valence-electron chi connectivity index (χ0n) is 21.9. The molecule has 214 valence electrons. The second kappa shape index (κ2) is 8.11. The third kappa shape index (κ3) is 3.19. The van der Waals surface area contributed by atoms with Crippen molar-refractivity contribution in [2.45, 2.75) is 49.7 Å². The summed E-state index contributed by atoms with van der Waals surface area (Å²) >= 11 is 0. The number of carbonyl (C=O) groups is 1. The number of allylic oxidation sites excluding steroid dienone is 4. The van der Waals surface area contributed by atoms with Gasteiger partial charge in [0.25, 0.3) is 17.8 Å². The maximum Gasteiger partial charge on any atom is 0.280 e. The summed E-state index contributed by atoms with van der Waals surface area (Å²) in [4.78, 5) is 27.2. The summed E-state index contributed by atoms with van der Waals surface area (Å²) in [5, 5.41) is 12.2. The number of carbonyl (C=O) groups excluding carboxylic acids is 1. The molecule has 0 radical (unpaired) electrons. The molecule has 1 saturated heterocycles. The van der Waals surface area contributed by atoms with E-state index < -0.39 is 77.5 Å². The Labute approximate surface area is 235 Å². The maximum atomic E-state index is 15.7. The molecule has 6 nitrogen and oxygen atoms in total. The van der Waals surface area contributed by atoms with Crippen LogP contribution in [-0.4, -0.2) is 39.2 Å². The van der Waals surface area contributed by atoms with E-state index in [4.69, 9.17) is 0 Å².